The fourth-order valence-corrected chi connectivity index (χ4v) is 10.3. The van der Waals surface area contributed by atoms with Crippen molar-refractivity contribution in [2.75, 3.05) is 0 Å². The van der Waals surface area contributed by atoms with Gasteiger partial charge in [-0.25, -0.2) is 15.0 Å². The van der Waals surface area contributed by atoms with Gasteiger partial charge in [0, 0.05) is 48.6 Å². The summed E-state index contributed by atoms with van der Waals surface area (Å²) in [6.45, 7) is 0. The third kappa shape index (κ3) is 4.98. The molecule has 0 aliphatic carbocycles. The van der Waals surface area contributed by atoms with Gasteiger partial charge in [-0.3, -0.25) is 4.98 Å². The zero-order chi connectivity index (χ0) is 30.2. The molecule has 3 heterocycles. The fraction of sp³-hybridized carbons (Fsp3) is 0. The lowest BCUT2D eigenvalue weighted by Gasteiger charge is -2.29. The first-order chi connectivity index (χ1) is 22.2. The van der Waals surface area contributed by atoms with E-state index in [0.717, 1.165) is 48.0 Å². The van der Waals surface area contributed by atoms with Gasteiger partial charge in [0.05, 0.1) is 0 Å². The van der Waals surface area contributed by atoms with Crippen molar-refractivity contribution in [1.82, 2.24) is 19.9 Å². The maximum Gasteiger partial charge on any atom is 0.182 e. The second-order valence-corrected chi connectivity index (χ2v) is 14.4. The predicted octanol–water partition coefficient (Wildman–Crippen LogP) is 8.04. The lowest BCUT2D eigenvalue weighted by atomic mass is 10.1. The van der Waals surface area contributed by atoms with Crippen LogP contribution < -0.4 is 15.9 Å². The summed E-state index contributed by atoms with van der Waals surface area (Å²) in [5.74, 6) is 1.69. The van der Waals surface area contributed by atoms with Crippen molar-refractivity contribution in [1.29, 1.82) is 0 Å². The van der Waals surface area contributed by atoms with E-state index in [1.807, 2.05) is 128 Å². The molecule has 8 rings (SSSR count). The third-order valence-electron chi connectivity index (χ3n) is 7.87. The van der Waals surface area contributed by atoms with E-state index in [2.05, 4.69) is 24.3 Å². The van der Waals surface area contributed by atoms with E-state index >= 15 is 4.57 Å². The van der Waals surface area contributed by atoms with Gasteiger partial charge in [0.25, 0.3) is 0 Å². The Morgan fingerprint density at radius 3 is 1.67 bits per heavy atom. The van der Waals surface area contributed by atoms with Gasteiger partial charge in [0.15, 0.2) is 24.6 Å². The highest BCUT2D eigenvalue weighted by atomic mass is 32.2. The molecule has 1 unspecified atom stereocenters. The quantitative estimate of drug-likeness (QED) is 0.182. The van der Waals surface area contributed by atoms with E-state index in [0.29, 0.717) is 23.2 Å². The highest BCUT2D eigenvalue weighted by Crippen LogP contribution is 2.52. The Balaban J connectivity index is 1.20. The number of nitrogens with zero attached hydrogens (tertiary/aromatic N) is 4. The molecule has 0 fully saturated rings. The molecular formula is C38H25N4OPS. The maximum atomic E-state index is 15.1. The highest BCUT2D eigenvalue weighted by molar-refractivity contribution is 8.02. The van der Waals surface area contributed by atoms with Crippen LogP contribution in [0.5, 0.6) is 0 Å². The molecule has 0 saturated carbocycles. The molecule has 1 atom stereocenters. The number of rotatable bonds is 5. The monoisotopic (exact) mass is 616 g/mol. The second kappa shape index (κ2) is 11.4. The number of benzene rings is 5. The Morgan fingerprint density at radius 1 is 0.467 bits per heavy atom. The number of hydrogen-bond donors (Lipinski definition) is 0. The van der Waals surface area contributed by atoms with Crippen molar-refractivity contribution in [3.05, 3.63) is 152 Å². The van der Waals surface area contributed by atoms with Crippen LogP contribution in [0, 0.1) is 0 Å². The average molecular weight is 617 g/mol. The van der Waals surface area contributed by atoms with Crippen molar-refractivity contribution < 1.29 is 4.57 Å². The molecule has 0 amide bonds. The Hall–Kier alpha value is -5.16. The van der Waals surface area contributed by atoms with Gasteiger partial charge in [-0.1, -0.05) is 127 Å². The summed E-state index contributed by atoms with van der Waals surface area (Å²) in [6.07, 6.45) is 1.84. The van der Waals surface area contributed by atoms with Gasteiger partial charge in [0.1, 0.15) is 5.69 Å². The smallest absolute Gasteiger partial charge is 0.182 e. The molecule has 2 aromatic heterocycles. The summed E-state index contributed by atoms with van der Waals surface area (Å²) in [6, 6.07) is 47.9. The van der Waals surface area contributed by atoms with Crippen LogP contribution in [0.2, 0.25) is 0 Å². The van der Waals surface area contributed by atoms with Gasteiger partial charge in [-0.05, 0) is 35.9 Å². The van der Waals surface area contributed by atoms with Crippen LogP contribution in [0.15, 0.2) is 162 Å². The normalized spacial score (nSPS) is 15.2. The third-order valence-corrected chi connectivity index (χ3v) is 12.5. The van der Waals surface area contributed by atoms with Gasteiger partial charge < -0.3 is 4.57 Å². The summed E-state index contributed by atoms with van der Waals surface area (Å²) in [4.78, 5) is 21.3. The van der Waals surface area contributed by atoms with Crippen LogP contribution in [0.1, 0.15) is 0 Å². The van der Waals surface area contributed by atoms with E-state index in [1.165, 1.54) is 0 Å². The molecule has 0 N–H and O–H groups in total. The lowest BCUT2D eigenvalue weighted by molar-refractivity contribution is 0.591. The molecule has 0 spiro atoms. The standard InChI is InChI=1S/C38H25N4OPS/c43-44(30-16-8-3-9-17-30)32-18-10-11-19-34(32)45-35-23-21-28(24-33(35)44)29-20-22-31(39-25-29)38-41-36(26-12-4-1-5-13-26)40-37(42-38)27-14-6-2-7-15-27/h1-25H. The van der Waals surface area contributed by atoms with Crippen LogP contribution in [0.3, 0.4) is 0 Å². The summed E-state index contributed by atoms with van der Waals surface area (Å²) < 4.78 is 15.1. The molecule has 1 aliphatic heterocycles. The zero-order valence-corrected chi connectivity index (χ0v) is 25.7. The Labute approximate surface area is 265 Å². The molecule has 7 heteroatoms. The maximum absolute atomic E-state index is 15.1. The molecule has 1 aliphatic rings. The minimum Gasteiger partial charge on any atom is -0.309 e. The van der Waals surface area contributed by atoms with Crippen molar-refractivity contribution in [2.45, 2.75) is 9.79 Å². The van der Waals surface area contributed by atoms with Crippen LogP contribution in [-0.4, -0.2) is 19.9 Å². The van der Waals surface area contributed by atoms with Crippen molar-refractivity contribution in [3.8, 4) is 45.4 Å². The summed E-state index contributed by atoms with van der Waals surface area (Å²) >= 11 is 1.67. The van der Waals surface area contributed by atoms with Gasteiger partial charge >= 0.3 is 0 Å². The van der Waals surface area contributed by atoms with Crippen LogP contribution in [0.4, 0.5) is 0 Å². The molecule has 214 valence electrons. The van der Waals surface area contributed by atoms with Gasteiger partial charge in [0.2, 0.25) is 0 Å². The van der Waals surface area contributed by atoms with Crippen molar-refractivity contribution in [2.24, 2.45) is 0 Å². The topological polar surface area (TPSA) is 68.6 Å². The van der Waals surface area contributed by atoms with E-state index in [4.69, 9.17) is 19.9 Å². The van der Waals surface area contributed by atoms with Gasteiger partial charge in [-0.2, -0.15) is 0 Å². The first kappa shape index (κ1) is 27.4. The molecule has 0 bridgehead atoms. The average Bonchev–Trinajstić information content (AvgIpc) is 3.12. The summed E-state index contributed by atoms with van der Waals surface area (Å²) in [7, 11) is -3.09. The zero-order valence-electron chi connectivity index (χ0n) is 24.0. The van der Waals surface area contributed by atoms with Crippen LogP contribution in [0.25, 0.3) is 45.4 Å². The highest BCUT2D eigenvalue weighted by Gasteiger charge is 2.38. The number of fused-ring (bicyclic) bond motifs is 2. The largest absolute Gasteiger partial charge is 0.309 e. The first-order valence-corrected chi connectivity index (χ1v) is 17.1. The number of pyridine rings is 1. The van der Waals surface area contributed by atoms with E-state index < -0.39 is 7.14 Å². The minimum absolute atomic E-state index is 0.501. The van der Waals surface area contributed by atoms with Crippen LogP contribution >= 0.6 is 18.9 Å². The number of hydrogen-bond acceptors (Lipinski definition) is 6. The second-order valence-electron chi connectivity index (χ2n) is 10.7. The van der Waals surface area contributed by atoms with Crippen molar-refractivity contribution >= 4 is 34.8 Å². The summed E-state index contributed by atoms with van der Waals surface area (Å²) in [5, 5.41) is 2.58. The lowest BCUT2D eigenvalue weighted by Crippen LogP contribution is -2.30. The minimum atomic E-state index is -3.09. The van der Waals surface area contributed by atoms with Gasteiger partial charge in [-0.15, -0.1) is 0 Å². The van der Waals surface area contributed by atoms with Crippen LogP contribution in [-0.2, 0) is 4.57 Å². The molecular weight excluding hydrogens is 591 g/mol. The van der Waals surface area contributed by atoms with E-state index in [9.17, 15) is 0 Å². The van der Waals surface area contributed by atoms with E-state index in [1.54, 1.807) is 11.8 Å². The number of aromatic nitrogens is 4. The molecule has 45 heavy (non-hydrogen) atoms. The molecule has 0 saturated heterocycles. The molecule has 7 aromatic rings. The molecule has 5 nitrogen and oxygen atoms in total. The molecule has 0 radical (unpaired) electrons. The Bertz CT molecular complexity index is 2150. The predicted molar refractivity (Wildman–Crippen MR) is 183 cm³/mol. The Morgan fingerprint density at radius 2 is 1.02 bits per heavy atom. The first-order valence-electron chi connectivity index (χ1n) is 14.6. The summed E-state index contributed by atoms with van der Waals surface area (Å²) in [5.41, 5.74) is 4.34. The van der Waals surface area contributed by atoms with Crippen molar-refractivity contribution in [3.63, 3.8) is 0 Å². The Kier molecular flexibility index (Phi) is 6.94. The SMILES string of the molecule is O=P1(c2ccccc2)c2ccccc2Sc2ccc(-c3ccc(-c4nc(-c5ccccc5)nc(-c5ccccc5)n4)nc3)cc21. The fourth-order valence-electron chi connectivity index (χ4n) is 5.62. The van der Waals surface area contributed by atoms with E-state index in [-0.39, 0.29) is 0 Å². The molecule has 5 aromatic carbocycles.